The van der Waals surface area contributed by atoms with E-state index in [2.05, 4.69) is 32.0 Å². The molecule has 0 aromatic heterocycles. The van der Waals surface area contributed by atoms with Crippen molar-refractivity contribution in [2.45, 2.75) is 59.3 Å². The number of rotatable bonds is 10. The number of nitrogens with zero attached hydrogens (tertiary/aromatic N) is 1. The molecule has 0 radical (unpaired) electrons. The third kappa shape index (κ3) is 15.9. The highest BCUT2D eigenvalue weighted by Gasteiger charge is 2.18. The van der Waals surface area contributed by atoms with Crippen molar-refractivity contribution in [3.8, 4) is 0 Å². The van der Waals surface area contributed by atoms with E-state index in [0.29, 0.717) is 0 Å². The van der Waals surface area contributed by atoms with Crippen LogP contribution in [0, 0.1) is 0 Å². The Labute approximate surface area is 125 Å². The summed E-state index contributed by atoms with van der Waals surface area (Å²) < 4.78 is 32.3. The van der Waals surface area contributed by atoms with Crippen LogP contribution >= 0.6 is 0 Å². The molecule has 0 aliphatic rings. The lowest BCUT2D eigenvalue weighted by atomic mass is 10.2. The van der Waals surface area contributed by atoms with Gasteiger partial charge in [-0.3, -0.25) is 4.18 Å². The van der Waals surface area contributed by atoms with Crippen LogP contribution < -0.4 is 0 Å². The number of hydrogen-bond donors (Lipinski definition) is 0. The van der Waals surface area contributed by atoms with Crippen molar-refractivity contribution >= 4 is 10.4 Å². The van der Waals surface area contributed by atoms with Crippen LogP contribution in [0.3, 0.4) is 0 Å². The van der Waals surface area contributed by atoms with Gasteiger partial charge in [0.15, 0.2) is 0 Å². The first-order valence-electron chi connectivity index (χ1n) is 7.59. The largest absolute Gasteiger partial charge is 0.726 e. The van der Waals surface area contributed by atoms with Gasteiger partial charge in [-0.2, -0.15) is 0 Å². The van der Waals surface area contributed by atoms with Gasteiger partial charge in [0.25, 0.3) is 0 Å². The Morgan fingerprint density at radius 3 is 1.30 bits per heavy atom. The molecule has 0 rings (SSSR count). The second-order valence-corrected chi connectivity index (χ2v) is 6.58. The number of hydrogen-bond acceptors (Lipinski definition) is 4. The van der Waals surface area contributed by atoms with Crippen LogP contribution in [0.2, 0.25) is 0 Å². The molecule has 0 amide bonds. The van der Waals surface area contributed by atoms with Crippen LogP contribution in [0.1, 0.15) is 59.3 Å². The molecule has 0 aliphatic carbocycles. The van der Waals surface area contributed by atoms with Crippen LogP contribution in [-0.4, -0.2) is 51.2 Å². The van der Waals surface area contributed by atoms with Crippen LogP contribution in [0.15, 0.2) is 0 Å². The zero-order valence-corrected chi connectivity index (χ0v) is 14.7. The highest BCUT2D eigenvalue weighted by molar-refractivity contribution is 7.80. The van der Waals surface area contributed by atoms with Crippen molar-refractivity contribution in [2.75, 3.05) is 33.8 Å². The molecule has 0 N–H and O–H groups in total. The first-order chi connectivity index (χ1) is 9.24. The predicted octanol–water partition coefficient (Wildman–Crippen LogP) is 2.93. The lowest BCUT2D eigenvalue weighted by Gasteiger charge is -2.34. The summed E-state index contributed by atoms with van der Waals surface area (Å²) in [7, 11) is -1.16. The average molecular weight is 311 g/mol. The first kappa shape index (κ1) is 22.1. The Bertz CT molecular complexity index is 283. The highest BCUT2D eigenvalue weighted by Crippen LogP contribution is 2.10. The number of quaternary nitrogens is 1. The molecule has 0 aromatic carbocycles. The third-order valence-electron chi connectivity index (χ3n) is 3.36. The van der Waals surface area contributed by atoms with Gasteiger partial charge in [-0.05, 0) is 19.3 Å². The van der Waals surface area contributed by atoms with E-state index in [1.54, 1.807) is 0 Å². The van der Waals surface area contributed by atoms with Gasteiger partial charge in [-0.25, -0.2) is 8.42 Å². The fourth-order valence-electron chi connectivity index (χ4n) is 1.95. The standard InChI is InChI=1S/C13H30N.CH4O4S/c1-5-8-11-14(4,12-9-6-2)13-10-7-3;1-5-6(2,3)4/h5-13H2,1-4H3;1H3,(H,2,3,4)/q+1;/p-1. The Morgan fingerprint density at radius 1 is 0.900 bits per heavy atom. The quantitative estimate of drug-likeness (QED) is 0.353. The van der Waals surface area contributed by atoms with Gasteiger partial charge in [0, 0.05) is 0 Å². The van der Waals surface area contributed by atoms with E-state index in [9.17, 15) is 13.0 Å². The van der Waals surface area contributed by atoms with Gasteiger partial charge >= 0.3 is 0 Å². The van der Waals surface area contributed by atoms with Gasteiger partial charge in [-0.15, -0.1) is 0 Å². The molecule has 0 saturated carbocycles. The molecule has 124 valence electrons. The van der Waals surface area contributed by atoms with Gasteiger partial charge in [-0.1, -0.05) is 40.0 Å². The summed E-state index contributed by atoms with van der Waals surface area (Å²) in [5.74, 6) is 0. The molecular weight excluding hydrogens is 278 g/mol. The van der Waals surface area contributed by atoms with Gasteiger partial charge < -0.3 is 9.04 Å². The Kier molecular flexibility index (Phi) is 13.9. The molecule has 0 aromatic rings. The second-order valence-electron chi connectivity index (χ2n) is 5.43. The summed E-state index contributed by atoms with van der Waals surface area (Å²) >= 11 is 0. The Hall–Kier alpha value is -0.170. The van der Waals surface area contributed by atoms with E-state index in [4.69, 9.17) is 0 Å². The summed E-state index contributed by atoms with van der Waals surface area (Å²) in [6, 6.07) is 0. The molecule has 0 atom stereocenters. The van der Waals surface area contributed by atoms with E-state index in [1.807, 2.05) is 0 Å². The van der Waals surface area contributed by atoms with Crippen molar-refractivity contribution in [1.82, 2.24) is 0 Å². The molecule has 5 nitrogen and oxygen atoms in total. The smallest absolute Gasteiger partial charge is 0.217 e. The molecule has 0 aliphatic heterocycles. The monoisotopic (exact) mass is 311 g/mol. The van der Waals surface area contributed by atoms with Gasteiger partial charge in [0.2, 0.25) is 10.4 Å². The second kappa shape index (κ2) is 12.6. The van der Waals surface area contributed by atoms with Crippen molar-refractivity contribution in [1.29, 1.82) is 0 Å². The Balaban J connectivity index is 0. The summed E-state index contributed by atoms with van der Waals surface area (Å²) in [5.41, 5.74) is 0. The SMILES string of the molecule is CCCC[N+](C)(CCCC)CCCC.COS(=O)(=O)[O-]. The van der Waals surface area contributed by atoms with Crippen LogP contribution in [-0.2, 0) is 14.6 Å². The Morgan fingerprint density at radius 2 is 1.15 bits per heavy atom. The zero-order chi connectivity index (χ0) is 16.1. The molecule has 6 heteroatoms. The maximum Gasteiger partial charge on any atom is 0.217 e. The molecule has 0 saturated heterocycles. The van der Waals surface area contributed by atoms with E-state index >= 15 is 0 Å². The fraction of sp³-hybridized carbons (Fsp3) is 1.00. The minimum Gasteiger partial charge on any atom is -0.726 e. The molecule has 0 fully saturated rings. The number of unbranched alkanes of at least 4 members (excludes halogenated alkanes) is 3. The van der Waals surface area contributed by atoms with Crippen LogP contribution in [0.5, 0.6) is 0 Å². The van der Waals surface area contributed by atoms with Crippen LogP contribution in [0.25, 0.3) is 0 Å². The normalized spacial score (nSPS) is 11.9. The minimum absolute atomic E-state index is 0.808. The summed E-state index contributed by atoms with van der Waals surface area (Å²) in [6.07, 6.45) is 8.20. The summed E-state index contributed by atoms with van der Waals surface area (Å²) in [4.78, 5) is 0. The first-order valence-corrected chi connectivity index (χ1v) is 8.93. The van der Waals surface area contributed by atoms with Crippen molar-refractivity contribution < 1.29 is 21.6 Å². The lowest BCUT2D eigenvalue weighted by Crippen LogP contribution is -2.46. The summed E-state index contributed by atoms with van der Waals surface area (Å²) in [5, 5.41) is 0. The maximum absolute atomic E-state index is 9.22. The molecule has 0 unspecified atom stereocenters. The zero-order valence-electron chi connectivity index (χ0n) is 13.9. The van der Waals surface area contributed by atoms with Crippen LogP contribution in [0.4, 0.5) is 0 Å². The average Bonchev–Trinajstić information content (AvgIpc) is 2.41. The highest BCUT2D eigenvalue weighted by atomic mass is 32.3. The fourth-order valence-corrected chi connectivity index (χ4v) is 1.95. The molecule has 0 heterocycles. The van der Waals surface area contributed by atoms with E-state index in [-0.39, 0.29) is 0 Å². The maximum atomic E-state index is 9.22. The minimum atomic E-state index is -4.41. The van der Waals surface area contributed by atoms with E-state index in [0.717, 1.165) is 7.11 Å². The van der Waals surface area contributed by atoms with Crippen molar-refractivity contribution in [3.63, 3.8) is 0 Å². The molecule has 0 spiro atoms. The topological polar surface area (TPSA) is 66.4 Å². The van der Waals surface area contributed by atoms with E-state index < -0.39 is 10.4 Å². The summed E-state index contributed by atoms with van der Waals surface area (Å²) in [6.45, 7) is 11.0. The van der Waals surface area contributed by atoms with Crippen molar-refractivity contribution in [3.05, 3.63) is 0 Å². The van der Waals surface area contributed by atoms with Gasteiger partial charge in [0.05, 0.1) is 33.8 Å². The predicted molar refractivity (Wildman–Crippen MR) is 82.2 cm³/mol. The van der Waals surface area contributed by atoms with Crippen molar-refractivity contribution in [2.24, 2.45) is 0 Å². The molecular formula is C14H33NO4S. The lowest BCUT2D eigenvalue weighted by molar-refractivity contribution is -0.910. The van der Waals surface area contributed by atoms with Gasteiger partial charge in [0.1, 0.15) is 0 Å². The molecule has 20 heavy (non-hydrogen) atoms. The molecule has 0 bridgehead atoms. The third-order valence-corrected chi connectivity index (χ3v) is 3.77. The van der Waals surface area contributed by atoms with E-state index in [1.165, 1.54) is 62.6 Å².